The van der Waals surface area contributed by atoms with Crippen LogP contribution in [0.25, 0.3) is 0 Å². The van der Waals surface area contributed by atoms with Gasteiger partial charge in [-0.1, -0.05) is 0 Å². The first-order valence-corrected chi connectivity index (χ1v) is 3.98. The Morgan fingerprint density at radius 2 is 1.92 bits per heavy atom. The Labute approximate surface area is 81.2 Å². The van der Waals surface area contributed by atoms with E-state index in [0.29, 0.717) is 0 Å². The van der Waals surface area contributed by atoms with Gasteiger partial charge in [0, 0.05) is 0 Å². The highest BCUT2D eigenvalue weighted by Crippen LogP contribution is 2.41. The van der Waals surface area contributed by atoms with Crippen LogP contribution in [0.2, 0.25) is 0 Å². The molecular formula is C7H6BrF2NO2. The molecular weight excluding hydrogens is 248 g/mol. The molecule has 13 heavy (non-hydrogen) atoms. The minimum Gasteiger partial charge on any atom is -0.503 e. The number of rotatable bonds is 1. The number of anilines is 1. The van der Waals surface area contributed by atoms with Crippen molar-refractivity contribution in [3.63, 3.8) is 0 Å². The van der Waals surface area contributed by atoms with Crippen LogP contribution >= 0.6 is 15.9 Å². The third-order valence-electron chi connectivity index (χ3n) is 1.50. The number of methoxy groups -OCH3 is 1. The normalized spacial score (nSPS) is 10.2. The molecule has 0 amide bonds. The summed E-state index contributed by atoms with van der Waals surface area (Å²) in [5, 5.41) is 9.13. The Morgan fingerprint density at radius 3 is 2.38 bits per heavy atom. The van der Waals surface area contributed by atoms with Gasteiger partial charge in [0.05, 0.1) is 11.6 Å². The smallest absolute Gasteiger partial charge is 0.200 e. The Kier molecular flexibility index (Phi) is 2.60. The average molecular weight is 254 g/mol. The summed E-state index contributed by atoms with van der Waals surface area (Å²) in [5.74, 6) is -3.28. The van der Waals surface area contributed by atoms with E-state index in [4.69, 9.17) is 10.8 Å². The van der Waals surface area contributed by atoms with Crippen LogP contribution < -0.4 is 10.5 Å². The lowest BCUT2D eigenvalue weighted by molar-refractivity contribution is 0.348. The van der Waals surface area contributed by atoms with E-state index in [2.05, 4.69) is 20.7 Å². The molecule has 0 heterocycles. The van der Waals surface area contributed by atoms with Crippen molar-refractivity contribution in [3.8, 4) is 11.5 Å². The molecule has 0 atom stereocenters. The van der Waals surface area contributed by atoms with Crippen LogP contribution in [0.5, 0.6) is 11.5 Å². The lowest BCUT2D eigenvalue weighted by Crippen LogP contribution is -1.99. The van der Waals surface area contributed by atoms with E-state index < -0.39 is 33.3 Å². The number of aromatic hydroxyl groups is 1. The number of benzene rings is 1. The molecule has 0 saturated carbocycles. The minimum absolute atomic E-state index is 0.459. The maximum atomic E-state index is 13.1. The standard InChI is InChI=1S/C7H6BrF2NO2/c1-13-7-4(10)2(8)3(9)5(11)6(7)12/h12H,11H2,1H3. The second kappa shape index (κ2) is 3.37. The Morgan fingerprint density at radius 1 is 1.38 bits per heavy atom. The van der Waals surface area contributed by atoms with Crippen LogP contribution in [0, 0.1) is 11.6 Å². The number of ether oxygens (including phenoxy) is 1. The molecule has 6 heteroatoms. The summed E-state index contributed by atoms with van der Waals surface area (Å²) >= 11 is 2.63. The van der Waals surface area contributed by atoms with E-state index >= 15 is 0 Å². The molecule has 72 valence electrons. The minimum atomic E-state index is -1.05. The van der Waals surface area contributed by atoms with Gasteiger partial charge in [-0.25, -0.2) is 8.78 Å². The number of nitrogen functional groups attached to an aromatic ring is 1. The van der Waals surface area contributed by atoms with Crippen molar-refractivity contribution < 1.29 is 18.6 Å². The molecule has 0 radical (unpaired) electrons. The van der Waals surface area contributed by atoms with Gasteiger partial charge in [0.2, 0.25) is 0 Å². The first-order chi connectivity index (χ1) is 6.00. The van der Waals surface area contributed by atoms with Gasteiger partial charge in [0.1, 0.15) is 5.69 Å². The zero-order chi connectivity index (χ0) is 10.2. The van der Waals surface area contributed by atoms with E-state index in [1.807, 2.05) is 0 Å². The van der Waals surface area contributed by atoms with Gasteiger partial charge < -0.3 is 15.6 Å². The number of hydrogen-bond donors (Lipinski definition) is 2. The van der Waals surface area contributed by atoms with E-state index in [9.17, 15) is 8.78 Å². The largest absolute Gasteiger partial charge is 0.503 e. The summed E-state index contributed by atoms with van der Waals surface area (Å²) in [5.41, 5.74) is 4.58. The van der Waals surface area contributed by atoms with Crippen molar-refractivity contribution in [2.75, 3.05) is 12.8 Å². The summed E-state index contributed by atoms with van der Waals surface area (Å²) in [4.78, 5) is 0. The number of hydrogen-bond acceptors (Lipinski definition) is 3. The Hall–Kier alpha value is -1.04. The molecule has 0 aromatic heterocycles. The van der Waals surface area contributed by atoms with E-state index in [0.717, 1.165) is 7.11 Å². The number of phenolic OH excluding ortho intramolecular Hbond substituents is 1. The maximum absolute atomic E-state index is 13.1. The van der Waals surface area contributed by atoms with Crippen molar-refractivity contribution in [2.24, 2.45) is 0 Å². The van der Waals surface area contributed by atoms with Crippen LogP contribution in [-0.2, 0) is 0 Å². The third-order valence-corrected chi connectivity index (χ3v) is 2.19. The highest BCUT2D eigenvalue weighted by Gasteiger charge is 2.21. The molecule has 0 aliphatic rings. The van der Waals surface area contributed by atoms with E-state index in [1.54, 1.807) is 0 Å². The van der Waals surface area contributed by atoms with Crippen LogP contribution in [0.15, 0.2) is 4.47 Å². The summed E-state index contributed by atoms with van der Waals surface area (Å²) in [6, 6.07) is 0. The highest BCUT2D eigenvalue weighted by molar-refractivity contribution is 9.10. The monoisotopic (exact) mass is 253 g/mol. The molecule has 0 aliphatic carbocycles. The zero-order valence-electron chi connectivity index (χ0n) is 6.57. The second-order valence-corrected chi connectivity index (χ2v) is 3.03. The Balaban J connectivity index is 3.56. The van der Waals surface area contributed by atoms with Gasteiger partial charge in [-0.05, 0) is 15.9 Å². The quantitative estimate of drug-likeness (QED) is 0.458. The van der Waals surface area contributed by atoms with Gasteiger partial charge in [-0.15, -0.1) is 0 Å². The summed E-state index contributed by atoms with van der Waals surface area (Å²) in [7, 11) is 1.14. The number of halogens is 3. The molecule has 0 unspecified atom stereocenters. The second-order valence-electron chi connectivity index (χ2n) is 2.24. The molecule has 0 saturated heterocycles. The van der Waals surface area contributed by atoms with Gasteiger partial charge in [0.25, 0.3) is 0 Å². The lowest BCUT2D eigenvalue weighted by Gasteiger charge is -2.09. The Bertz CT molecular complexity index is 328. The maximum Gasteiger partial charge on any atom is 0.200 e. The SMILES string of the molecule is COc1c(O)c(N)c(F)c(Br)c1F. The topological polar surface area (TPSA) is 55.5 Å². The van der Waals surface area contributed by atoms with Crippen molar-refractivity contribution >= 4 is 21.6 Å². The fourth-order valence-electron chi connectivity index (χ4n) is 0.831. The molecule has 3 N–H and O–H groups in total. The van der Waals surface area contributed by atoms with Crippen LogP contribution in [0.1, 0.15) is 0 Å². The van der Waals surface area contributed by atoms with Crippen molar-refractivity contribution in [1.82, 2.24) is 0 Å². The molecule has 0 aliphatic heterocycles. The number of nitrogens with two attached hydrogens (primary N) is 1. The van der Waals surface area contributed by atoms with Crippen LogP contribution in [0.4, 0.5) is 14.5 Å². The van der Waals surface area contributed by atoms with Gasteiger partial charge in [-0.2, -0.15) is 0 Å². The molecule has 3 nitrogen and oxygen atoms in total. The molecule has 0 bridgehead atoms. The summed E-state index contributed by atoms with van der Waals surface area (Å²) in [6.07, 6.45) is 0. The lowest BCUT2D eigenvalue weighted by atomic mass is 10.2. The van der Waals surface area contributed by atoms with Gasteiger partial charge >= 0.3 is 0 Å². The summed E-state index contributed by atoms with van der Waals surface area (Å²) in [6.45, 7) is 0. The fourth-order valence-corrected chi connectivity index (χ4v) is 1.22. The van der Waals surface area contributed by atoms with Gasteiger partial charge in [0.15, 0.2) is 23.1 Å². The molecule has 1 aromatic carbocycles. The molecule has 1 aromatic rings. The third kappa shape index (κ3) is 1.41. The first-order valence-electron chi connectivity index (χ1n) is 3.19. The van der Waals surface area contributed by atoms with Crippen LogP contribution in [-0.4, -0.2) is 12.2 Å². The summed E-state index contributed by atoms with van der Waals surface area (Å²) < 4.78 is 30.0. The van der Waals surface area contributed by atoms with E-state index in [1.165, 1.54) is 0 Å². The average Bonchev–Trinajstić information content (AvgIpc) is 2.13. The van der Waals surface area contributed by atoms with Crippen molar-refractivity contribution in [3.05, 3.63) is 16.1 Å². The fraction of sp³-hybridized carbons (Fsp3) is 0.143. The van der Waals surface area contributed by atoms with Crippen molar-refractivity contribution in [1.29, 1.82) is 0 Å². The predicted molar refractivity (Wildman–Crippen MR) is 46.7 cm³/mol. The molecule has 1 rings (SSSR count). The van der Waals surface area contributed by atoms with Gasteiger partial charge in [-0.3, -0.25) is 0 Å². The van der Waals surface area contributed by atoms with Crippen LogP contribution in [0.3, 0.4) is 0 Å². The first kappa shape index (κ1) is 10.0. The number of phenols is 1. The molecule has 0 fully saturated rings. The van der Waals surface area contributed by atoms with E-state index in [-0.39, 0.29) is 0 Å². The predicted octanol–water partition coefficient (Wildman–Crippen LogP) is 2.02. The highest BCUT2D eigenvalue weighted by atomic mass is 79.9. The van der Waals surface area contributed by atoms with Crippen molar-refractivity contribution in [2.45, 2.75) is 0 Å². The molecule has 0 spiro atoms. The zero-order valence-corrected chi connectivity index (χ0v) is 8.15.